The summed E-state index contributed by atoms with van der Waals surface area (Å²) in [5.74, 6) is -0.600. The number of carbonyl (C=O) groups is 2. The van der Waals surface area contributed by atoms with Crippen molar-refractivity contribution in [3.05, 3.63) is 97.2 Å². The van der Waals surface area contributed by atoms with Gasteiger partial charge in [-0.15, -0.1) is 0 Å². The minimum absolute atomic E-state index is 0.0737. The highest BCUT2D eigenvalue weighted by molar-refractivity contribution is 5.70. The Balaban J connectivity index is 3.52. The smallest absolute Gasteiger partial charge is 0.306 e. The van der Waals surface area contributed by atoms with E-state index in [-0.39, 0.29) is 25.2 Å². The van der Waals surface area contributed by atoms with E-state index >= 15 is 0 Å². The Labute approximate surface area is 459 Å². The third-order valence-electron chi connectivity index (χ3n) is 13.9. The maximum atomic E-state index is 12.3. The van der Waals surface area contributed by atoms with Crippen LogP contribution < -0.4 is 0 Å². The monoisotopic (exact) mass is 1030 g/mol. The van der Waals surface area contributed by atoms with E-state index in [2.05, 4.69) is 111 Å². The van der Waals surface area contributed by atoms with E-state index in [1.54, 1.807) is 0 Å². The number of ether oxygens (including phenoxy) is 2. The van der Waals surface area contributed by atoms with E-state index in [1.165, 1.54) is 186 Å². The molecule has 1 N–H and O–H groups in total. The number of aliphatic hydroxyl groups is 1. The second-order valence-electron chi connectivity index (χ2n) is 21.1. The number of rotatable bonds is 58. The summed E-state index contributed by atoms with van der Waals surface area (Å²) in [6, 6.07) is 0. The van der Waals surface area contributed by atoms with Gasteiger partial charge in [0.15, 0.2) is 6.10 Å². The molecule has 1 atom stereocenters. The van der Waals surface area contributed by atoms with Gasteiger partial charge in [-0.25, -0.2) is 0 Å². The van der Waals surface area contributed by atoms with E-state index < -0.39 is 6.10 Å². The Morgan fingerprint density at radius 1 is 0.324 bits per heavy atom. The standard InChI is InChI=1S/C69H120O5/c1-3-5-7-9-11-13-15-17-19-21-23-25-27-29-31-33-34-36-38-40-42-44-46-48-50-52-54-56-58-60-62-64-69(72)74-67(65-70)66-73-68(71)63-61-59-57-55-53-51-49-47-45-43-41-39-37-35-32-30-28-26-24-22-20-18-16-14-12-10-8-6-4-2/h5,7,11,13,17,19,23,25,29,31,34,36,40,42,46,48,67,70H,3-4,6,8-10,12,14-16,18,20-22,24,26-28,30,32-33,35,37-39,41,43-45,47,49-66H2,1-2H3/b7-5-,13-11-,19-17-,25-23-,31-29-,36-34-,42-40-,48-46-. The van der Waals surface area contributed by atoms with E-state index in [0.29, 0.717) is 12.8 Å². The van der Waals surface area contributed by atoms with Crippen LogP contribution in [0, 0.1) is 0 Å². The normalized spacial score (nSPS) is 12.9. The van der Waals surface area contributed by atoms with Crippen molar-refractivity contribution >= 4 is 11.9 Å². The molecule has 0 aliphatic heterocycles. The molecule has 5 heteroatoms. The van der Waals surface area contributed by atoms with Crippen molar-refractivity contribution < 1.29 is 24.2 Å². The number of hydrogen-bond acceptors (Lipinski definition) is 5. The fraction of sp³-hybridized carbons (Fsp3) is 0.739. The van der Waals surface area contributed by atoms with Crippen molar-refractivity contribution in [3.63, 3.8) is 0 Å². The first kappa shape index (κ1) is 70.8. The van der Waals surface area contributed by atoms with Crippen molar-refractivity contribution in [2.45, 2.75) is 315 Å². The third-order valence-corrected chi connectivity index (χ3v) is 13.9. The summed E-state index contributed by atoms with van der Waals surface area (Å²) in [5.41, 5.74) is 0. The van der Waals surface area contributed by atoms with Crippen LogP contribution in [-0.4, -0.2) is 36.4 Å². The van der Waals surface area contributed by atoms with Gasteiger partial charge >= 0.3 is 11.9 Å². The maximum absolute atomic E-state index is 12.3. The summed E-state index contributed by atoms with van der Waals surface area (Å²) in [4.78, 5) is 24.6. The highest BCUT2D eigenvalue weighted by atomic mass is 16.6. The molecule has 1 unspecified atom stereocenters. The van der Waals surface area contributed by atoms with Gasteiger partial charge in [0.2, 0.25) is 0 Å². The molecule has 0 radical (unpaired) electrons. The molecule has 0 fully saturated rings. The molecule has 0 heterocycles. The van der Waals surface area contributed by atoms with E-state index in [4.69, 9.17) is 9.47 Å². The minimum atomic E-state index is -0.786. The van der Waals surface area contributed by atoms with Crippen molar-refractivity contribution in [3.8, 4) is 0 Å². The summed E-state index contributed by atoms with van der Waals surface area (Å²) in [6.45, 7) is 4.05. The lowest BCUT2D eigenvalue weighted by Crippen LogP contribution is -2.28. The van der Waals surface area contributed by atoms with Crippen LogP contribution in [0.2, 0.25) is 0 Å². The molecule has 0 aliphatic carbocycles. The lowest BCUT2D eigenvalue weighted by atomic mass is 10.0. The summed E-state index contributed by atoms with van der Waals surface area (Å²) in [7, 11) is 0. The second kappa shape index (κ2) is 64.1. The fourth-order valence-electron chi connectivity index (χ4n) is 9.16. The van der Waals surface area contributed by atoms with Gasteiger partial charge in [-0.3, -0.25) is 9.59 Å². The lowest BCUT2D eigenvalue weighted by molar-refractivity contribution is -0.161. The number of hydrogen-bond donors (Lipinski definition) is 1. The average molecular weight is 1030 g/mol. The summed E-state index contributed by atoms with van der Waals surface area (Å²) < 4.78 is 10.7. The number of unbranched alkanes of at least 4 members (excludes halogenated alkanes) is 34. The van der Waals surface area contributed by atoms with Crippen LogP contribution in [0.25, 0.3) is 0 Å². The molecule has 0 aromatic heterocycles. The Bertz CT molecular complexity index is 1400. The van der Waals surface area contributed by atoms with Crippen LogP contribution >= 0.6 is 0 Å². The van der Waals surface area contributed by atoms with Crippen molar-refractivity contribution in [2.75, 3.05) is 13.2 Å². The van der Waals surface area contributed by atoms with Crippen LogP contribution in [0.3, 0.4) is 0 Å². The van der Waals surface area contributed by atoms with E-state index in [0.717, 1.165) is 96.3 Å². The lowest BCUT2D eigenvalue weighted by Gasteiger charge is -2.15. The van der Waals surface area contributed by atoms with Crippen LogP contribution in [0.5, 0.6) is 0 Å². The van der Waals surface area contributed by atoms with Crippen LogP contribution in [0.4, 0.5) is 0 Å². The largest absolute Gasteiger partial charge is 0.462 e. The highest BCUT2D eigenvalue weighted by Crippen LogP contribution is 2.17. The van der Waals surface area contributed by atoms with Crippen molar-refractivity contribution in [1.29, 1.82) is 0 Å². The molecular formula is C69H120O5. The van der Waals surface area contributed by atoms with Gasteiger partial charge in [0.1, 0.15) is 6.61 Å². The Kier molecular flexibility index (Phi) is 61.4. The predicted octanol–water partition coefficient (Wildman–Crippen LogP) is 21.9. The third kappa shape index (κ3) is 61.4. The topological polar surface area (TPSA) is 72.8 Å². The fourth-order valence-corrected chi connectivity index (χ4v) is 9.16. The zero-order chi connectivity index (χ0) is 53.4. The molecule has 0 saturated carbocycles. The first-order chi connectivity index (χ1) is 36.6. The predicted molar refractivity (Wildman–Crippen MR) is 325 cm³/mol. The molecule has 0 saturated heterocycles. The van der Waals surface area contributed by atoms with Crippen LogP contribution in [0.15, 0.2) is 97.2 Å². The molecule has 0 aromatic carbocycles. The first-order valence-electron chi connectivity index (χ1n) is 31.8. The minimum Gasteiger partial charge on any atom is -0.462 e. The Morgan fingerprint density at radius 3 is 0.878 bits per heavy atom. The van der Waals surface area contributed by atoms with Gasteiger partial charge in [0, 0.05) is 12.8 Å². The van der Waals surface area contributed by atoms with Crippen LogP contribution in [-0.2, 0) is 19.1 Å². The summed E-state index contributed by atoms with van der Waals surface area (Å²) in [5, 5.41) is 9.68. The number of carbonyl (C=O) groups excluding carboxylic acids is 2. The van der Waals surface area contributed by atoms with Gasteiger partial charge in [0.05, 0.1) is 6.61 Å². The Hall–Kier alpha value is -3.18. The maximum Gasteiger partial charge on any atom is 0.306 e. The zero-order valence-electron chi connectivity index (χ0n) is 48.8. The average Bonchev–Trinajstić information content (AvgIpc) is 3.40. The van der Waals surface area contributed by atoms with Gasteiger partial charge in [0.25, 0.3) is 0 Å². The first-order valence-corrected chi connectivity index (χ1v) is 31.8. The van der Waals surface area contributed by atoms with Crippen molar-refractivity contribution in [2.24, 2.45) is 0 Å². The van der Waals surface area contributed by atoms with Crippen LogP contribution in [0.1, 0.15) is 309 Å². The van der Waals surface area contributed by atoms with Gasteiger partial charge in [-0.1, -0.05) is 317 Å². The van der Waals surface area contributed by atoms with Crippen molar-refractivity contribution in [1.82, 2.24) is 0 Å². The molecule has 5 nitrogen and oxygen atoms in total. The van der Waals surface area contributed by atoms with E-state index in [1.807, 2.05) is 0 Å². The van der Waals surface area contributed by atoms with Gasteiger partial charge in [-0.2, -0.15) is 0 Å². The molecule has 0 aliphatic rings. The van der Waals surface area contributed by atoms with E-state index in [9.17, 15) is 14.7 Å². The second-order valence-corrected chi connectivity index (χ2v) is 21.1. The highest BCUT2D eigenvalue weighted by Gasteiger charge is 2.16. The molecule has 426 valence electrons. The van der Waals surface area contributed by atoms with Gasteiger partial charge < -0.3 is 14.6 Å². The Morgan fingerprint density at radius 2 is 0.581 bits per heavy atom. The molecule has 0 spiro atoms. The molecule has 0 rings (SSSR count). The zero-order valence-corrected chi connectivity index (χ0v) is 48.8. The molecular weight excluding hydrogens is 909 g/mol. The summed E-state index contributed by atoms with van der Waals surface area (Å²) in [6.07, 6.45) is 91.2. The number of aliphatic hydroxyl groups excluding tert-OH is 1. The number of allylic oxidation sites excluding steroid dienone is 16. The molecule has 0 bridgehead atoms. The quantitative estimate of drug-likeness (QED) is 0.0373. The number of esters is 2. The SMILES string of the molecule is CC/C=C\C/C=C\C/C=C\C/C=C\C/C=C\C/C=C\C/C=C\C/C=C\CCCCCCCCC(=O)OC(CO)COC(=O)CCCCCCCCCCCCCCCCCCCCCCCCCCCCCCC. The summed E-state index contributed by atoms with van der Waals surface area (Å²) >= 11 is 0. The molecule has 74 heavy (non-hydrogen) atoms. The molecule has 0 amide bonds. The molecule has 0 aromatic rings. The van der Waals surface area contributed by atoms with Gasteiger partial charge in [-0.05, 0) is 77.0 Å².